The molecular formula is C15H20N4O. The summed E-state index contributed by atoms with van der Waals surface area (Å²) < 4.78 is 7.49. The first-order valence-corrected chi connectivity index (χ1v) is 6.95. The average Bonchev–Trinajstić information content (AvgIpc) is 2.81. The Balaban J connectivity index is 2.02. The molecule has 2 aromatic rings. The Kier molecular flexibility index (Phi) is 3.12. The molecule has 1 aromatic carbocycles. The average molecular weight is 272 g/mol. The summed E-state index contributed by atoms with van der Waals surface area (Å²) in [6, 6.07) is 6.57. The van der Waals surface area contributed by atoms with Crippen molar-refractivity contribution in [3.05, 3.63) is 35.2 Å². The summed E-state index contributed by atoms with van der Waals surface area (Å²) in [6.07, 6.45) is 1.94. The van der Waals surface area contributed by atoms with Crippen LogP contribution in [0.2, 0.25) is 0 Å². The molecule has 5 heteroatoms. The van der Waals surface area contributed by atoms with Crippen LogP contribution in [0, 0.1) is 6.92 Å². The smallest absolute Gasteiger partial charge is 0.239 e. The highest BCUT2D eigenvalue weighted by atomic mass is 16.5. The molecule has 0 bridgehead atoms. The number of aromatic nitrogens is 3. The SMILES string of the molecule is COc1ccc(C)cc1C1CCc2nc(N)nn2C1C. The van der Waals surface area contributed by atoms with Crippen molar-refractivity contribution in [2.45, 2.75) is 38.6 Å². The fourth-order valence-corrected chi connectivity index (χ4v) is 3.13. The van der Waals surface area contributed by atoms with Crippen molar-refractivity contribution in [3.8, 4) is 5.75 Å². The molecule has 2 unspecified atom stereocenters. The molecule has 0 fully saturated rings. The number of nitrogens with two attached hydrogens (primary N) is 1. The van der Waals surface area contributed by atoms with Gasteiger partial charge in [0.15, 0.2) is 0 Å². The number of benzene rings is 1. The van der Waals surface area contributed by atoms with Crippen LogP contribution in [0.15, 0.2) is 18.2 Å². The predicted octanol–water partition coefficient (Wildman–Crippen LogP) is 2.47. The summed E-state index contributed by atoms with van der Waals surface area (Å²) >= 11 is 0. The van der Waals surface area contributed by atoms with E-state index in [1.807, 2.05) is 10.7 Å². The van der Waals surface area contributed by atoms with Gasteiger partial charge in [-0.1, -0.05) is 17.7 Å². The Morgan fingerprint density at radius 3 is 2.95 bits per heavy atom. The number of nitrogens with zero attached hydrogens (tertiary/aromatic N) is 3. The number of hydrogen-bond donors (Lipinski definition) is 1. The van der Waals surface area contributed by atoms with E-state index < -0.39 is 0 Å². The summed E-state index contributed by atoms with van der Waals surface area (Å²) in [5.74, 6) is 2.67. The van der Waals surface area contributed by atoms with E-state index in [-0.39, 0.29) is 6.04 Å². The predicted molar refractivity (Wildman–Crippen MR) is 77.9 cm³/mol. The van der Waals surface area contributed by atoms with E-state index in [0.717, 1.165) is 24.4 Å². The molecule has 2 atom stereocenters. The lowest BCUT2D eigenvalue weighted by Crippen LogP contribution is -2.25. The van der Waals surface area contributed by atoms with Gasteiger partial charge in [0.1, 0.15) is 11.6 Å². The van der Waals surface area contributed by atoms with Gasteiger partial charge in [-0.15, -0.1) is 5.10 Å². The monoisotopic (exact) mass is 272 g/mol. The molecular weight excluding hydrogens is 252 g/mol. The van der Waals surface area contributed by atoms with E-state index in [9.17, 15) is 0 Å². The molecule has 0 amide bonds. The minimum Gasteiger partial charge on any atom is -0.496 e. The van der Waals surface area contributed by atoms with E-state index in [4.69, 9.17) is 10.5 Å². The van der Waals surface area contributed by atoms with E-state index in [1.54, 1.807) is 7.11 Å². The van der Waals surface area contributed by atoms with Crippen LogP contribution in [0.25, 0.3) is 0 Å². The van der Waals surface area contributed by atoms with E-state index in [2.05, 4.69) is 36.1 Å². The molecule has 1 aliphatic rings. The maximum atomic E-state index is 5.72. The molecule has 1 aromatic heterocycles. The largest absolute Gasteiger partial charge is 0.496 e. The van der Waals surface area contributed by atoms with Crippen molar-refractivity contribution in [1.82, 2.24) is 14.8 Å². The highest BCUT2D eigenvalue weighted by Crippen LogP contribution is 2.41. The van der Waals surface area contributed by atoms with Gasteiger partial charge in [0, 0.05) is 12.3 Å². The van der Waals surface area contributed by atoms with Crippen LogP contribution in [0.3, 0.4) is 0 Å². The maximum Gasteiger partial charge on any atom is 0.239 e. The molecule has 2 heterocycles. The number of nitrogen functional groups attached to an aromatic ring is 1. The molecule has 5 nitrogen and oxygen atoms in total. The third-order valence-electron chi connectivity index (χ3n) is 4.15. The number of fused-ring (bicyclic) bond motifs is 1. The zero-order valence-corrected chi connectivity index (χ0v) is 12.1. The van der Waals surface area contributed by atoms with E-state index >= 15 is 0 Å². The fraction of sp³-hybridized carbons (Fsp3) is 0.467. The summed E-state index contributed by atoms with van der Waals surface area (Å²) in [5.41, 5.74) is 8.21. The first-order valence-electron chi connectivity index (χ1n) is 6.95. The van der Waals surface area contributed by atoms with Crippen molar-refractivity contribution in [3.63, 3.8) is 0 Å². The maximum absolute atomic E-state index is 5.72. The van der Waals surface area contributed by atoms with Crippen LogP contribution < -0.4 is 10.5 Å². The summed E-state index contributed by atoms with van der Waals surface area (Å²) in [7, 11) is 1.72. The normalized spacial score (nSPS) is 21.6. The van der Waals surface area contributed by atoms with Gasteiger partial charge in [-0.25, -0.2) is 4.68 Å². The lowest BCUT2D eigenvalue weighted by Gasteiger charge is -2.30. The van der Waals surface area contributed by atoms with E-state index in [1.165, 1.54) is 11.1 Å². The molecule has 0 aliphatic carbocycles. The zero-order valence-electron chi connectivity index (χ0n) is 12.1. The van der Waals surface area contributed by atoms with Gasteiger partial charge in [-0.05, 0) is 31.9 Å². The standard InChI is InChI=1S/C15H20N4O/c1-9-4-6-13(20-3)12(8-9)11-5-7-14-17-15(16)18-19(14)10(11)2/h4,6,8,10-11H,5,7H2,1-3H3,(H2,16,18). The highest BCUT2D eigenvalue weighted by molar-refractivity contribution is 5.40. The summed E-state index contributed by atoms with van der Waals surface area (Å²) in [4.78, 5) is 4.29. The molecule has 3 rings (SSSR count). The van der Waals surface area contributed by atoms with Crippen LogP contribution >= 0.6 is 0 Å². The first-order chi connectivity index (χ1) is 9.60. The third-order valence-corrected chi connectivity index (χ3v) is 4.15. The molecule has 1 aliphatic heterocycles. The molecule has 106 valence electrons. The van der Waals surface area contributed by atoms with Crippen molar-refractivity contribution in [2.75, 3.05) is 12.8 Å². The Morgan fingerprint density at radius 2 is 2.20 bits per heavy atom. The van der Waals surface area contributed by atoms with Gasteiger partial charge in [0.05, 0.1) is 13.2 Å². The lowest BCUT2D eigenvalue weighted by atomic mass is 9.84. The number of anilines is 1. The first kappa shape index (κ1) is 13.0. The fourth-order valence-electron chi connectivity index (χ4n) is 3.13. The van der Waals surface area contributed by atoms with Gasteiger partial charge in [0.25, 0.3) is 0 Å². The number of ether oxygens (including phenoxy) is 1. The van der Waals surface area contributed by atoms with Gasteiger partial charge in [0.2, 0.25) is 5.95 Å². The van der Waals surface area contributed by atoms with Gasteiger partial charge < -0.3 is 10.5 Å². The quantitative estimate of drug-likeness (QED) is 0.912. The van der Waals surface area contributed by atoms with Crippen LogP contribution in [0.5, 0.6) is 5.75 Å². The molecule has 0 spiro atoms. The number of rotatable bonds is 2. The topological polar surface area (TPSA) is 66.0 Å². The Hall–Kier alpha value is -2.04. The Morgan fingerprint density at radius 1 is 1.40 bits per heavy atom. The van der Waals surface area contributed by atoms with Crippen molar-refractivity contribution in [1.29, 1.82) is 0 Å². The highest BCUT2D eigenvalue weighted by Gasteiger charge is 2.31. The zero-order chi connectivity index (χ0) is 14.3. The second-order valence-corrected chi connectivity index (χ2v) is 5.46. The van der Waals surface area contributed by atoms with Crippen molar-refractivity contribution >= 4 is 5.95 Å². The number of methoxy groups -OCH3 is 1. The molecule has 0 saturated carbocycles. The summed E-state index contributed by atoms with van der Waals surface area (Å²) in [5, 5.41) is 4.33. The minimum atomic E-state index is 0.235. The van der Waals surface area contributed by atoms with Gasteiger partial charge in [-0.3, -0.25) is 0 Å². The molecule has 20 heavy (non-hydrogen) atoms. The lowest BCUT2D eigenvalue weighted by molar-refractivity contribution is 0.325. The minimum absolute atomic E-state index is 0.235. The van der Waals surface area contributed by atoms with Gasteiger partial charge >= 0.3 is 0 Å². The number of aryl methyl sites for hydroxylation is 2. The molecule has 0 radical (unpaired) electrons. The molecule has 2 N–H and O–H groups in total. The van der Waals surface area contributed by atoms with E-state index in [0.29, 0.717) is 11.9 Å². The van der Waals surface area contributed by atoms with Gasteiger partial charge in [-0.2, -0.15) is 4.98 Å². The van der Waals surface area contributed by atoms with Crippen molar-refractivity contribution < 1.29 is 4.74 Å². The second kappa shape index (κ2) is 4.81. The third kappa shape index (κ3) is 2.03. The Labute approximate surface area is 118 Å². The Bertz CT molecular complexity index is 635. The summed E-state index contributed by atoms with van der Waals surface area (Å²) in [6.45, 7) is 4.28. The van der Waals surface area contributed by atoms with Crippen LogP contribution in [0.1, 0.15) is 42.3 Å². The number of hydrogen-bond acceptors (Lipinski definition) is 4. The second-order valence-electron chi connectivity index (χ2n) is 5.46. The van der Waals surface area contributed by atoms with Crippen LogP contribution in [-0.2, 0) is 6.42 Å². The van der Waals surface area contributed by atoms with Crippen LogP contribution in [0.4, 0.5) is 5.95 Å². The van der Waals surface area contributed by atoms with Crippen LogP contribution in [-0.4, -0.2) is 21.9 Å². The molecule has 0 saturated heterocycles. The van der Waals surface area contributed by atoms with Crippen molar-refractivity contribution in [2.24, 2.45) is 0 Å².